The van der Waals surface area contributed by atoms with Crippen molar-refractivity contribution >= 4 is 23.5 Å². The lowest BCUT2D eigenvalue weighted by molar-refractivity contribution is 0.0927. The molecule has 1 saturated heterocycles. The Morgan fingerprint density at radius 2 is 1.89 bits per heavy atom. The van der Waals surface area contributed by atoms with Crippen LogP contribution in [-0.2, 0) is 12.3 Å². The number of aryl methyl sites for hydroxylation is 1. The van der Waals surface area contributed by atoms with E-state index < -0.39 is 0 Å². The number of nitrogens with zero attached hydrogens (tertiary/aromatic N) is 4. The van der Waals surface area contributed by atoms with Gasteiger partial charge in [-0.15, -0.1) is 0 Å². The molecule has 35 heavy (non-hydrogen) atoms. The molecular weight excluding hydrogens is 466 g/mol. The number of amides is 1. The maximum Gasteiger partial charge on any atom is 0.286 e. The molecule has 2 aromatic heterocycles. The van der Waals surface area contributed by atoms with Crippen LogP contribution < -0.4 is 19.7 Å². The Bertz CT molecular complexity index is 1190. The van der Waals surface area contributed by atoms with Gasteiger partial charge in [0.25, 0.3) is 5.91 Å². The van der Waals surface area contributed by atoms with Crippen LogP contribution in [0.4, 0.5) is 5.82 Å². The highest BCUT2D eigenvalue weighted by atomic mass is 32.2. The molecule has 10 heteroatoms. The minimum absolute atomic E-state index is 0.199. The second-order valence-electron chi connectivity index (χ2n) is 8.51. The summed E-state index contributed by atoms with van der Waals surface area (Å²) >= 11 is 1.51. The Balaban J connectivity index is 1.16. The van der Waals surface area contributed by atoms with Gasteiger partial charge < -0.3 is 24.1 Å². The number of carbonyl (C=O) groups excluding carboxylic acids is 1. The summed E-state index contributed by atoms with van der Waals surface area (Å²) in [7, 11) is 0. The Kier molecular flexibility index (Phi) is 7.10. The summed E-state index contributed by atoms with van der Waals surface area (Å²) in [4.78, 5) is 26.1. The van der Waals surface area contributed by atoms with E-state index in [2.05, 4.69) is 32.2 Å². The fraction of sp³-hybridized carbons (Fsp3) is 0.400. The minimum Gasteiger partial charge on any atom is -0.455 e. The van der Waals surface area contributed by atoms with E-state index in [4.69, 9.17) is 18.9 Å². The zero-order valence-corrected chi connectivity index (χ0v) is 20.8. The summed E-state index contributed by atoms with van der Waals surface area (Å²) in [6.45, 7) is 9.33. The van der Waals surface area contributed by atoms with Crippen LogP contribution in [0.25, 0.3) is 0 Å². The number of aromatic nitrogens is 2. The number of benzene rings is 1. The Hall–Kier alpha value is -3.24. The standard InChI is InChI=1S/C25H29N5O4S/c1-3-26-24(31)21-7-5-19(34-21)15-35-25-27-17(2)12-23(28-25)30-10-8-29(9-11-30)14-18-4-6-20-22(13-18)33-16-32-20/h4-7,12-13H,3,8-11,14-16H2,1-2H3,(H,26,31). The fourth-order valence-electron chi connectivity index (χ4n) is 4.15. The Labute approximate surface area is 208 Å². The third kappa shape index (κ3) is 5.71. The summed E-state index contributed by atoms with van der Waals surface area (Å²) < 4.78 is 16.6. The maximum atomic E-state index is 11.9. The van der Waals surface area contributed by atoms with Crippen molar-refractivity contribution in [3.63, 3.8) is 0 Å². The number of rotatable bonds is 8. The largest absolute Gasteiger partial charge is 0.455 e. The first-order valence-electron chi connectivity index (χ1n) is 11.8. The molecule has 0 aliphatic carbocycles. The molecule has 4 heterocycles. The first kappa shape index (κ1) is 23.5. The smallest absolute Gasteiger partial charge is 0.286 e. The van der Waals surface area contributed by atoms with Gasteiger partial charge in [0.1, 0.15) is 11.6 Å². The van der Waals surface area contributed by atoms with Crippen molar-refractivity contribution in [2.75, 3.05) is 44.4 Å². The third-order valence-electron chi connectivity index (χ3n) is 5.93. The molecule has 3 aromatic rings. The lowest BCUT2D eigenvalue weighted by atomic mass is 10.1. The summed E-state index contributed by atoms with van der Waals surface area (Å²) in [6, 6.07) is 11.7. The minimum atomic E-state index is -0.199. The molecule has 1 amide bonds. The summed E-state index contributed by atoms with van der Waals surface area (Å²) in [5, 5.41) is 3.45. The first-order chi connectivity index (χ1) is 17.1. The van der Waals surface area contributed by atoms with Crippen molar-refractivity contribution in [2.24, 2.45) is 0 Å². The highest BCUT2D eigenvalue weighted by molar-refractivity contribution is 7.98. The van der Waals surface area contributed by atoms with Crippen LogP contribution in [0.3, 0.4) is 0 Å². The molecule has 1 aromatic carbocycles. The van der Waals surface area contributed by atoms with Gasteiger partial charge in [0, 0.05) is 51.0 Å². The zero-order valence-electron chi connectivity index (χ0n) is 20.0. The molecule has 2 aliphatic rings. The van der Waals surface area contributed by atoms with Crippen LogP contribution in [-0.4, -0.2) is 60.3 Å². The molecular formula is C25H29N5O4S. The first-order valence-corrected chi connectivity index (χ1v) is 12.8. The predicted octanol–water partition coefficient (Wildman–Crippen LogP) is 3.47. The van der Waals surface area contributed by atoms with Crippen LogP contribution in [0.2, 0.25) is 0 Å². The van der Waals surface area contributed by atoms with Crippen molar-refractivity contribution in [1.29, 1.82) is 0 Å². The number of fused-ring (bicyclic) bond motifs is 1. The van der Waals surface area contributed by atoms with Gasteiger partial charge in [-0.3, -0.25) is 9.69 Å². The lowest BCUT2D eigenvalue weighted by Gasteiger charge is -2.35. The fourth-order valence-corrected chi connectivity index (χ4v) is 4.94. The quantitative estimate of drug-likeness (QED) is 0.372. The van der Waals surface area contributed by atoms with Gasteiger partial charge in [-0.25, -0.2) is 9.97 Å². The van der Waals surface area contributed by atoms with E-state index in [1.807, 2.05) is 32.0 Å². The number of piperazine rings is 1. The molecule has 0 spiro atoms. The Morgan fingerprint density at radius 3 is 2.71 bits per heavy atom. The van der Waals surface area contributed by atoms with Gasteiger partial charge in [0.15, 0.2) is 22.4 Å². The van der Waals surface area contributed by atoms with Gasteiger partial charge in [-0.2, -0.15) is 0 Å². The molecule has 0 saturated carbocycles. The van der Waals surface area contributed by atoms with Crippen molar-refractivity contribution in [1.82, 2.24) is 20.2 Å². The van der Waals surface area contributed by atoms with Gasteiger partial charge in [-0.1, -0.05) is 17.8 Å². The van der Waals surface area contributed by atoms with Crippen molar-refractivity contribution in [2.45, 2.75) is 31.3 Å². The molecule has 1 fully saturated rings. The van der Waals surface area contributed by atoms with Gasteiger partial charge in [-0.05, 0) is 43.7 Å². The summed E-state index contributed by atoms with van der Waals surface area (Å²) in [5.41, 5.74) is 2.16. The topological polar surface area (TPSA) is 93.0 Å². The molecule has 2 aliphatic heterocycles. The summed E-state index contributed by atoms with van der Waals surface area (Å²) in [5.74, 6) is 4.01. The van der Waals surface area contributed by atoms with Gasteiger partial charge in [0.2, 0.25) is 6.79 Å². The number of hydrogen-bond acceptors (Lipinski definition) is 9. The maximum absolute atomic E-state index is 11.9. The van der Waals surface area contributed by atoms with Crippen LogP contribution >= 0.6 is 11.8 Å². The van der Waals surface area contributed by atoms with Gasteiger partial charge in [0.05, 0.1) is 5.75 Å². The molecule has 0 atom stereocenters. The number of anilines is 1. The van der Waals surface area contributed by atoms with Crippen LogP contribution in [0.15, 0.2) is 46.0 Å². The molecule has 184 valence electrons. The Morgan fingerprint density at radius 1 is 1.06 bits per heavy atom. The normalized spacial score (nSPS) is 15.4. The van der Waals surface area contributed by atoms with E-state index >= 15 is 0 Å². The summed E-state index contributed by atoms with van der Waals surface area (Å²) in [6.07, 6.45) is 0. The highest BCUT2D eigenvalue weighted by Gasteiger charge is 2.21. The third-order valence-corrected chi connectivity index (χ3v) is 6.80. The predicted molar refractivity (Wildman–Crippen MR) is 133 cm³/mol. The molecule has 0 radical (unpaired) electrons. The second kappa shape index (κ2) is 10.6. The van der Waals surface area contributed by atoms with E-state index in [0.29, 0.717) is 30.0 Å². The van der Waals surface area contributed by atoms with Gasteiger partial charge >= 0.3 is 0 Å². The van der Waals surface area contributed by atoms with Crippen molar-refractivity contribution in [3.05, 3.63) is 59.2 Å². The van der Waals surface area contributed by atoms with E-state index in [1.54, 1.807) is 6.07 Å². The highest BCUT2D eigenvalue weighted by Crippen LogP contribution is 2.33. The zero-order chi connectivity index (χ0) is 24.2. The number of ether oxygens (including phenoxy) is 2. The number of carbonyl (C=O) groups is 1. The number of thioether (sulfide) groups is 1. The average molecular weight is 496 g/mol. The van der Waals surface area contributed by atoms with Crippen LogP contribution in [0.5, 0.6) is 11.5 Å². The van der Waals surface area contributed by atoms with E-state index in [0.717, 1.165) is 61.5 Å². The van der Waals surface area contributed by atoms with E-state index in [9.17, 15) is 4.79 Å². The van der Waals surface area contributed by atoms with Crippen LogP contribution in [0, 0.1) is 6.92 Å². The molecule has 5 rings (SSSR count). The van der Waals surface area contributed by atoms with E-state index in [1.165, 1.54) is 17.3 Å². The van der Waals surface area contributed by atoms with Crippen molar-refractivity contribution in [3.8, 4) is 11.5 Å². The lowest BCUT2D eigenvalue weighted by Crippen LogP contribution is -2.46. The monoisotopic (exact) mass is 495 g/mol. The molecule has 1 N–H and O–H groups in total. The molecule has 0 bridgehead atoms. The number of furan rings is 1. The molecule has 9 nitrogen and oxygen atoms in total. The second-order valence-corrected chi connectivity index (χ2v) is 9.46. The average Bonchev–Trinajstić information content (AvgIpc) is 3.52. The SMILES string of the molecule is CCNC(=O)c1ccc(CSc2nc(C)cc(N3CCN(Cc4ccc5c(c4)OCO5)CC3)n2)o1. The van der Waals surface area contributed by atoms with Crippen molar-refractivity contribution < 1.29 is 18.7 Å². The van der Waals surface area contributed by atoms with E-state index in [-0.39, 0.29) is 5.91 Å². The number of nitrogens with one attached hydrogen (secondary N) is 1. The van der Waals surface area contributed by atoms with Crippen LogP contribution in [0.1, 0.15) is 34.5 Å². The number of hydrogen-bond donors (Lipinski definition) is 1. The molecule has 0 unspecified atom stereocenters.